The summed E-state index contributed by atoms with van der Waals surface area (Å²) >= 11 is 0. The number of amides is 2. The van der Waals surface area contributed by atoms with E-state index < -0.39 is 0 Å². The molecule has 2 aromatic heterocycles. The number of pyridine rings is 1. The summed E-state index contributed by atoms with van der Waals surface area (Å²) in [6.45, 7) is 2.21. The Morgan fingerprint density at radius 1 is 1.00 bits per heavy atom. The Morgan fingerprint density at radius 3 is 2.80 bits per heavy atom. The number of para-hydroxylation sites is 1. The number of urea groups is 1. The van der Waals surface area contributed by atoms with Crippen molar-refractivity contribution in [2.45, 2.75) is 32.4 Å². The van der Waals surface area contributed by atoms with Gasteiger partial charge < -0.3 is 15.2 Å². The first-order valence-electron chi connectivity index (χ1n) is 8.77. The minimum Gasteiger partial charge on any atom is -0.347 e. The number of nitrogens with zero attached hydrogens (tertiary/aromatic N) is 2. The molecule has 0 fully saturated rings. The first-order chi connectivity index (χ1) is 12.3. The Kier molecular flexibility index (Phi) is 6.04. The average molecular weight is 336 g/mol. The Balaban J connectivity index is 1.28. The van der Waals surface area contributed by atoms with Crippen LogP contribution in [-0.2, 0) is 13.1 Å². The second kappa shape index (κ2) is 8.87. The van der Waals surface area contributed by atoms with Gasteiger partial charge in [0.15, 0.2) is 0 Å². The lowest BCUT2D eigenvalue weighted by atomic mass is 10.2. The molecule has 3 aromatic rings. The number of rotatable bonds is 8. The van der Waals surface area contributed by atoms with Crippen LogP contribution in [0.25, 0.3) is 10.9 Å². The van der Waals surface area contributed by atoms with Gasteiger partial charge in [-0.15, -0.1) is 0 Å². The fraction of sp³-hybridized carbons (Fsp3) is 0.300. The van der Waals surface area contributed by atoms with E-state index in [1.165, 1.54) is 10.9 Å². The molecule has 5 nitrogen and oxygen atoms in total. The number of carbonyl (C=O) groups excluding carboxylic acids is 1. The average Bonchev–Trinajstić information content (AvgIpc) is 3.07. The van der Waals surface area contributed by atoms with E-state index in [2.05, 4.69) is 56.7 Å². The van der Waals surface area contributed by atoms with E-state index in [9.17, 15) is 4.79 Å². The molecule has 2 N–H and O–H groups in total. The van der Waals surface area contributed by atoms with Crippen molar-refractivity contribution < 1.29 is 4.79 Å². The van der Waals surface area contributed by atoms with Crippen LogP contribution in [0.3, 0.4) is 0 Å². The van der Waals surface area contributed by atoms with Gasteiger partial charge in [0.2, 0.25) is 0 Å². The zero-order valence-corrected chi connectivity index (χ0v) is 14.3. The van der Waals surface area contributed by atoms with Gasteiger partial charge in [0.1, 0.15) is 0 Å². The third-order valence-corrected chi connectivity index (χ3v) is 4.22. The summed E-state index contributed by atoms with van der Waals surface area (Å²) in [5.41, 5.74) is 2.28. The summed E-state index contributed by atoms with van der Waals surface area (Å²) in [7, 11) is 0. The number of nitrogens with one attached hydrogen (secondary N) is 2. The van der Waals surface area contributed by atoms with Gasteiger partial charge in [-0.25, -0.2) is 4.79 Å². The van der Waals surface area contributed by atoms with Crippen molar-refractivity contribution in [3.63, 3.8) is 0 Å². The summed E-state index contributed by atoms with van der Waals surface area (Å²) < 4.78 is 2.30. The molecule has 0 saturated heterocycles. The molecule has 0 aliphatic heterocycles. The summed E-state index contributed by atoms with van der Waals surface area (Å²) in [6.07, 6.45) is 8.81. The number of aryl methyl sites for hydroxylation is 1. The summed E-state index contributed by atoms with van der Waals surface area (Å²) in [5.74, 6) is 0. The van der Waals surface area contributed by atoms with E-state index in [0.717, 1.165) is 31.4 Å². The highest BCUT2D eigenvalue weighted by Gasteiger charge is 2.01. The molecule has 5 heteroatoms. The van der Waals surface area contributed by atoms with Crippen molar-refractivity contribution in [3.05, 3.63) is 66.6 Å². The fourth-order valence-electron chi connectivity index (χ4n) is 2.87. The second-order valence-corrected chi connectivity index (χ2v) is 6.10. The quantitative estimate of drug-likeness (QED) is 0.616. The van der Waals surface area contributed by atoms with Crippen molar-refractivity contribution in [1.82, 2.24) is 20.2 Å². The molecule has 0 aliphatic carbocycles. The zero-order valence-electron chi connectivity index (χ0n) is 14.3. The van der Waals surface area contributed by atoms with Gasteiger partial charge >= 0.3 is 6.03 Å². The van der Waals surface area contributed by atoms with Gasteiger partial charge in [0, 0.05) is 43.7 Å². The standard InChI is InChI=1S/C20H24N4O/c25-20(23-16-17-7-6-11-21-15-17)22-12-4-1-5-13-24-14-10-18-8-2-3-9-19(18)24/h2-3,6-11,14-15H,1,4-5,12-13,16H2,(H2,22,23,25). The maximum absolute atomic E-state index is 11.7. The van der Waals surface area contributed by atoms with Gasteiger partial charge in [-0.3, -0.25) is 4.98 Å². The molecule has 0 spiro atoms. The first-order valence-corrected chi connectivity index (χ1v) is 8.77. The summed E-state index contributed by atoms with van der Waals surface area (Å²) in [5, 5.41) is 7.02. The summed E-state index contributed by atoms with van der Waals surface area (Å²) in [4.78, 5) is 15.8. The minimum atomic E-state index is -0.125. The van der Waals surface area contributed by atoms with Crippen LogP contribution in [0, 0.1) is 0 Å². The highest BCUT2D eigenvalue weighted by molar-refractivity contribution is 5.79. The number of hydrogen-bond donors (Lipinski definition) is 2. The van der Waals surface area contributed by atoms with Gasteiger partial charge in [-0.2, -0.15) is 0 Å². The SMILES string of the molecule is O=C(NCCCCCn1ccc2ccccc21)NCc1cccnc1. The molecule has 3 rings (SSSR count). The minimum absolute atomic E-state index is 0.125. The maximum Gasteiger partial charge on any atom is 0.315 e. The predicted octanol–water partition coefficient (Wildman–Crippen LogP) is 3.71. The monoisotopic (exact) mass is 336 g/mol. The van der Waals surface area contributed by atoms with Crippen LogP contribution in [0.1, 0.15) is 24.8 Å². The molecular weight excluding hydrogens is 312 g/mol. The molecule has 0 bridgehead atoms. The fourth-order valence-corrected chi connectivity index (χ4v) is 2.87. The highest BCUT2D eigenvalue weighted by atomic mass is 16.2. The first kappa shape index (κ1) is 17.0. The normalized spacial score (nSPS) is 10.7. The largest absolute Gasteiger partial charge is 0.347 e. The molecule has 130 valence electrons. The number of unbranched alkanes of at least 4 members (excludes halogenated alkanes) is 2. The Morgan fingerprint density at radius 2 is 1.92 bits per heavy atom. The van der Waals surface area contributed by atoms with E-state index in [1.54, 1.807) is 12.4 Å². The molecule has 25 heavy (non-hydrogen) atoms. The van der Waals surface area contributed by atoms with Crippen LogP contribution in [0.15, 0.2) is 61.1 Å². The molecule has 2 heterocycles. The second-order valence-electron chi connectivity index (χ2n) is 6.10. The van der Waals surface area contributed by atoms with Crippen LogP contribution in [-0.4, -0.2) is 22.1 Å². The third-order valence-electron chi connectivity index (χ3n) is 4.22. The van der Waals surface area contributed by atoms with Crippen LogP contribution >= 0.6 is 0 Å². The van der Waals surface area contributed by atoms with Crippen LogP contribution in [0.4, 0.5) is 4.79 Å². The number of fused-ring (bicyclic) bond motifs is 1. The van der Waals surface area contributed by atoms with E-state index in [-0.39, 0.29) is 6.03 Å². The molecule has 0 atom stereocenters. The van der Waals surface area contributed by atoms with Crippen LogP contribution in [0.2, 0.25) is 0 Å². The van der Waals surface area contributed by atoms with E-state index in [4.69, 9.17) is 0 Å². The maximum atomic E-state index is 11.7. The van der Waals surface area contributed by atoms with Crippen molar-refractivity contribution in [1.29, 1.82) is 0 Å². The van der Waals surface area contributed by atoms with Crippen LogP contribution in [0.5, 0.6) is 0 Å². The Bertz CT molecular complexity index is 798. The zero-order chi connectivity index (χ0) is 17.3. The lowest BCUT2D eigenvalue weighted by molar-refractivity contribution is 0.240. The summed E-state index contributed by atoms with van der Waals surface area (Å²) in [6, 6.07) is 14.3. The van der Waals surface area contributed by atoms with Crippen molar-refractivity contribution in [3.8, 4) is 0 Å². The third kappa shape index (κ3) is 5.08. The number of aromatic nitrogens is 2. The Hall–Kier alpha value is -2.82. The Labute approximate surface area is 148 Å². The lowest BCUT2D eigenvalue weighted by Gasteiger charge is -2.08. The van der Waals surface area contributed by atoms with Gasteiger partial charge in [-0.05, 0) is 48.4 Å². The van der Waals surface area contributed by atoms with E-state index in [0.29, 0.717) is 13.1 Å². The van der Waals surface area contributed by atoms with E-state index in [1.807, 2.05) is 12.1 Å². The van der Waals surface area contributed by atoms with Gasteiger partial charge in [-0.1, -0.05) is 24.3 Å². The lowest BCUT2D eigenvalue weighted by Crippen LogP contribution is -2.35. The van der Waals surface area contributed by atoms with Crippen molar-refractivity contribution >= 4 is 16.9 Å². The molecular formula is C20H24N4O. The topological polar surface area (TPSA) is 59.0 Å². The molecule has 0 radical (unpaired) electrons. The highest BCUT2D eigenvalue weighted by Crippen LogP contribution is 2.15. The van der Waals surface area contributed by atoms with Gasteiger partial charge in [0.05, 0.1) is 0 Å². The molecule has 0 aliphatic rings. The molecule has 0 saturated carbocycles. The molecule has 2 amide bonds. The number of benzene rings is 1. The van der Waals surface area contributed by atoms with Crippen LogP contribution < -0.4 is 10.6 Å². The van der Waals surface area contributed by atoms with E-state index >= 15 is 0 Å². The number of hydrogen-bond acceptors (Lipinski definition) is 2. The molecule has 0 unspecified atom stereocenters. The molecule has 1 aromatic carbocycles. The predicted molar refractivity (Wildman–Crippen MR) is 100 cm³/mol. The van der Waals surface area contributed by atoms with Crippen molar-refractivity contribution in [2.75, 3.05) is 6.54 Å². The van der Waals surface area contributed by atoms with Gasteiger partial charge in [0.25, 0.3) is 0 Å². The van der Waals surface area contributed by atoms with Crippen molar-refractivity contribution in [2.24, 2.45) is 0 Å². The number of carbonyl (C=O) groups is 1. The smallest absolute Gasteiger partial charge is 0.315 e.